The fourth-order valence-electron chi connectivity index (χ4n) is 3.11. The maximum absolute atomic E-state index is 13.4. The van der Waals surface area contributed by atoms with Gasteiger partial charge in [-0.1, -0.05) is 41.4 Å². The van der Waals surface area contributed by atoms with Crippen LogP contribution in [-0.4, -0.2) is 28.0 Å². The van der Waals surface area contributed by atoms with Crippen LogP contribution in [-0.2, 0) is 21.0 Å². The van der Waals surface area contributed by atoms with E-state index in [0.29, 0.717) is 16.1 Å². The third kappa shape index (κ3) is 5.63. The van der Waals surface area contributed by atoms with E-state index in [0.717, 1.165) is 17.7 Å². The van der Waals surface area contributed by atoms with Crippen molar-refractivity contribution in [1.82, 2.24) is 0 Å². The lowest BCUT2D eigenvalue weighted by Crippen LogP contribution is -2.38. The Morgan fingerprint density at radius 2 is 1.71 bits per heavy atom. The maximum Gasteiger partial charge on any atom is 0.417 e. The number of alkyl halides is 3. The Balaban J connectivity index is 2.06. The van der Waals surface area contributed by atoms with E-state index in [2.05, 4.69) is 5.32 Å². The van der Waals surface area contributed by atoms with Crippen molar-refractivity contribution in [3.05, 3.63) is 82.9 Å². The number of carbonyl (C=O) groups excluding carboxylic acids is 1. The van der Waals surface area contributed by atoms with Crippen LogP contribution in [0.25, 0.3) is 0 Å². The number of halogens is 4. The molecule has 0 spiro atoms. The zero-order chi connectivity index (χ0) is 25.1. The van der Waals surface area contributed by atoms with E-state index in [-0.39, 0.29) is 16.3 Å². The van der Waals surface area contributed by atoms with Crippen molar-refractivity contribution in [2.75, 3.05) is 23.3 Å². The summed E-state index contributed by atoms with van der Waals surface area (Å²) in [6.07, 6.45) is -4.83. The number of hydrogen-bond donors (Lipinski definition) is 1. The average molecular weight is 513 g/mol. The summed E-state index contributed by atoms with van der Waals surface area (Å²) < 4.78 is 72.9. The fraction of sp³-hybridized carbons (Fsp3) is 0.174. The summed E-state index contributed by atoms with van der Waals surface area (Å²) in [6.45, 7) is 0.955. The number of ether oxygens (including phenoxy) is 1. The highest BCUT2D eigenvalue weighted by atomic mass is 35.5. The predicted octanol–water partition coefficient (Wildman–Crippen LogP) is 5.51. The molecule has 3 aromatic rings. The van der Waals surface area contributed by atoms with E-state index in [9.17, 15) is 26.4 Å². The van der Waals surface area contributed by atoms with Gasteiger partial charge < -0.3 is 10.1 Å². The van der Waals surface area contributed by atoms with E-state index in [1.165, 1.54) is 19.2 Å². The van der Waals surface area contributed by atoms with Gasteiger partial charge in [-0.3, -0.25) is 9.10 Å². The first kappa shape index (κ1) is 25.4. The van der Waals surface area contributed by atoms with Gasteiger partial charge in [0.1, 0.15) is 12.3 Å². The van der Waals surface area contributed by atoms with Gasteiger partial charge in [0.15, 0.2) is 0 Å². The topological polar surface area (TPSA) is 75.7 Å². The summed E-state index contributed by atoms with van der Waals surface area (Å²) in [4.78, 5) is 12.6. The number of para-hydroxylation sites is 2. The normalized spacial score (nSPS) is 11.7. The summed E-state index contributed by atoms with van der Waals surface area (Å²) in [5, 5.41) is 1.94. The van der Waals surface area contributed by atoms with Crippen molar-refractivity contribution in [3.8, 4) is 5.75 Å². The molecule has 0 heterocycles. The van der Waals surface area contributed by atoms with E-state index in [4.69, 9.17) is 16.3 Å². The van der Waals surface area contributed by atoms with Crippen LogP contribution in [0.4, 0.5) is 24.5 Å². The molecule has 0 bridgehead atoms. The van der Waals surface area contributed by atoms with Crippen LogP contribution in [0.5, 0.6) is 5.75 Å². The smallest absolute Gasteiger partial charge is 0.417 e. The van der Waals surface area contributed by atoms with Gasteiger partial charge in [-0.05, 0) is 49.4 Å². The zero-order valence-electron chi connectivity index (χ0n) is 18.1. The van der Waals surface area contributed by atoms with Crippen molar-refractivity contribution in [2.45, 2.75) is 18.0 Å². The lowest BCUT2D eigenvalue weighted by Gasteiger charge is -2.25. The van der Waals surface area contributed by atoms with Crippen molar-refractivity contribution in [1.29, 1.82) is 0 Å². The zero-order valence-corrected chi connectivity index (χ0v) is 19.6. The quantitative estimate of drug-likeness (QED) is 0.453. The van der Waals surface area contributed by atoms with Gasteiger partial charge in [0, 0.05) is 0 Å². The Morgan fingerprint density at radius 1 is 1.06 bits per heavy atom. The van der Waals surface area contributed by atoms with Crippen molar-refractivity contribution >= 4 is 38.9 Å². The molecule has 3 aromatic carbocycles. The van der Waals surface area contributed by atoms with Crippen LogP contribution < -0.4 is 14.4 Å². The van der Waals surface area contributed by atoms with Crippen LogP contribution >= 0.6 is 11.6 Å². The van der Waals surface area contributed by atoms with E-state index in [1.807, 2.05) is 0 Å². The minimum absolute atomic E-state index is 0.188. The standard InChI is InChI=1S/C23H20ClF3N2O4S/c1-15-7-10-17(11-8-15)34(31,32)29(16-9-12-19(24)18(13-16)23(25,26)27)14-22(30)28-20-5-3-4-6-21(20)33-2/h3-13H,14H2,1-2H3,(H,28,30). The highest BCUT2D eigenvalue weighted by Gasteiger charge is 2.35. The summed E-state index contributed by atoms with van der Waals surface area (Å²) in [7, 11) is -3.02. The molecule has 0 fully saturated rings. The number of amides is 1. The molecule has 0 saturated carbocycles. The predicted molar refractivity (Wildman–Crippen MR) is 124 cm³/mol. The SMILES string of the molecule is COc1ccccc1NC(=O)CN(c1ccc(Cl)c(C(F)(F)F)c1)S(=O)(=O)c1ccc(C)cc1. The van der Waals surface area contributed by atoms with Crippen LogP contribution in [0.3, 0.4) is 0 Å². The Hall–Kier alpha value is -3.24. The monoisotopic (exact) mass is 512 g/mol. The first-order valence-corrected chi connectivity index (χ1v) is 11.6. The summed E-state index contributed by atoms with van der Waals surface area (Å²) in [6, 6.07) is 14.8. The average Bonchev–Trinajstić information content (AvgIpc) is 2.78. The van der Waals surface area contributed by atoms with Crippen molar-refractivity contribution < 1.29 is 31.1 Å². The van der Waals surface area contributed by atoms with E-state index >= 15 is 0 Å². The number of rotatable bonds is 7. The highest BCUT2D eigenvalue weighted by molar-refractivity contribution is 7.92. The molecule has 6 nitrogen and oxygen atoms in total. The van der Waals surface area contributed by atoms with Gasteiger partial charge in [-0.15, -0.1) is 0 Å². The number of anilines is 2. The largest absolute Gasteiger partial charge is 0.495 e. The minimum atomic E-state index is -4.83. The first-order chi connectivity index (χ1) is 15.9. The van der Waals surface area contributed by atoms with Crippen LogP contribution in [0.2, 0.25) is 5.02 Å². The van der Waals surface area contributed by atoms with Crippen LogP contribution in [0.1, 0.15) is 11.1 Å². The molecular weight excluding hydrogens is 493 g/mol. The molecule has 0 aromatic heterocycles. The number of nitrogens with zero attached hydrogens (tertiary/aromatic N) is 1. The van der Waals surface area contributed by atoms with Gasteiger partial charge in [-0.2, -0.15) is 13.2 Å². The van der Waals surface area contributed by atoms with Crippen molar-refractivity contribution in [3.63, 3.8) is 0 Å². The lowest BCUT2D eigenvalue weighted by atomic mass is 10.2. The Labute approximate surface area is 200 Å². The summed E-state index contributed by atoms with van der Waals surface area (Å²) >= 11 is 5.70. The molecule has 11 heteroatoms. The molecule has 0 aliphatic rings. The molecule has 0 aliphatic heterocycles. The number of sulfonamides is 1. The maximum atomic E-state index is 13.4. The third-order valence-corrected chi connectivity index (χ3v) is 6.94. The molecule has 0 atom stereocenters. The molecule has 180 valence electrons. The molecule has 1 amide bonds. The summed E-state index contributed by atoms with van der Waals surface area (Å²) in [5.41, 5.74) is -0.534. The second-order valence-electron chi connectivity index (χ2n) is 7.24. The highest BCUT2D eigenvalue weighted by Crippen LogP contribution is 2.38. The second-order valence-corrected chi connectivity index (χ2v) is 9.50. The fourth-order valence-corrected chi connectivity index (χ4v) is 4.74. The molecule has 0 unspecified atom stereocenters. The van der Waals surface area contributed by atoms with Crippen molar-refractivity contribution in [2.24, 2.45) is 0 Å². The molecule has 0 radical (unpaired) electrons. The summed E-state index contributed by atoms with van der Waals surface area (Å²) in [5.74, 6) is -0.460. The Bertz CT molecular complexity index is 1300. The molecule has 0 aliphatic carbocycles. The Morgan fingerprint density at radius 3 is 2.32 bits per heavy atom. The molecule has 34 heavy (non-hydrogen) atoms. The van der Waals surface area contributed by atoms with Gasteiger partial charge in [0.2, 0.25) is 5.91 Å². The van der Waals surface area contributed by atoms with E-state index in [1.54, 1.807) is 43.3 Å². The molecule has 0 saturated heterocycles. The number of carbonyl (C=O) groups is 1. The number of nitrogens with one attached hydrogen (secondary N) is 1. The molecule has 1 N–H and O–H groups in total. The number of methoxy groups -OCH3 is 1. The van der Waals surface area contributed by atoms with Crippen LogP contribution in [0, 0.1) is 6.92 Å². The number of aryl methyl sites for hydroxylation is 1. The van der Waals surface area contributed by atoms with Gasteiger partial charge in [0.25, 0.3) is 10.0 Å². The number of benzene rings is 3. The number of hydrogen-bond acceptors (Lipinski definition) is 4. The second kappa shape index (κ2) is 9.94. The van der Waals surface area contributed by atoms with Gasteiger partial charge >= 0.3 is 6.18 Å². The van der Waals surface area contributed by atoms with E-state index < -0.39 is 39.2 Å². The first-order valence-electron chi connectivity index (χ1n) is 9.82. The lowest BCUT2D eigenvalue weighted by molar-refractivity contribution is -0.137. The van der Waals surface area contributed by atoms with Gasteiger partial charge in [-0.25, -0.2) is 8.42 Å². The van der Waals surface area contributed by atoms with Crippen LogP contribution in [0.15, 0.2) is 71.6 Å². The molecular formula is C23H20ClF3N2O4S. The van der Waals surface area contributed by atoms with Gasteiger partial charge in [0.05, 0.1) is 34.0 Å². The Kier molecular flexibility index (Phi) is 7.42. The minimum Gasteiger partial charge on any atom is -0.495 e. The third-order valence-electron chi connectivity index (χ3n) is 4.82. The molecule has 3 rings (SSSR count).